The lowest BCUT2D eigenvalue weighted by Crippen LogP contribution is -2.52. The number of carbonyl (C=O) groups excluding carboxylic acids is 2. The first-order chi connectivity index (χ1) is 20.7. The molecule has 1 N–H and O–H groups in total. The van der Waals surface area contributed by atoms with Gasteiger partial charge in [0.05, 0.1) is 21.2 Å². The van der Waals surface area contributed by atoms with Gasteiger partial charge in [0.1, 0.15) is 12.6 Å². The van der Waals surface area contributed by atoms with Crippen LogP contribution >= 0.6 is 27.5 Å². The van der Waals surface area contributed by atoms with Gasteiger partial charge >= 0.3 is 6.18 Å². The minimum atomic E-state index is -4.88. The number of benzene rings is 3. The van der Waals surface area contributed by atoms with Crippen molar-refractivity contribution < 1.29 is 31.2 Å². The molecule has 0 radical (unpaired) electrons. The highest BCUT2D eigenvalue weighted by Gasteiger charge is 2.37. The number of alkyl halides is 3. The van der Waals surface area contributed by atoms with Crippen molar-refractivity contribution in [1.29, 1.82) is 0 Å². The normalized spacial score (nSPS) is 14.7. The molecule has 1 fully saturated rings. The first kappa shape index (κ1) is 33.8. The molecule has 0 saturated heterocycles. The van der Waals surface area contributed by atoms with Crippen LogP contribution in [-0.4, -0.2) is 43.8 Å². The van der Waals surface area contributed by atoms with Crippen molar-refractivity contribution in [2.45, 2.75) is 69.2 Å². The van der Waals surface area contributed by atoms with Gasteiger partial charge in [-0.05, 0) is 74.7 Å². The van der Waals surface area contributed by atoms with Crippen molar-refractivity contribution in [2.75, 3.05) is 10.8 Å². The molecule has 1 aliphatic carbocycles. The highest BCUT2D eigenvalue weighted by atomic mass is 79.9. The molecule has 13 heteroatoms. The van der Waals surface area contributed by atoms with E-state index in [0.29, 0.717) is 15.9 Å². The first-order valence-corrected chi connectivity index (χ1v) is 16.6. The molecule has 1 saturated carbocycles. The molecule has 1 atom stereocenters. The van der Waals surface area contributed by atoms with Crippen molar-refractivity contribution >= 4 is 55.1 Å². The Hall–Kier alpha value is -3.09. The van der Waals surface area contributed by atoms with Gasteiger partial charge in [-0.15, -0.1) is 0 Å². The van der Waals surface area contributed by atoms with E-state index in [1.807, 2.05) is 0 Å². The number of halogens is 5. The molecule has 4 rings (SSSR count). The number of aryl methyl sites for hydroxylation is 1. The van der Waals surface area contributed by atoms with Crippen LogP contribution in [0.4, 0.5) is 18.9 Å². The molecule has 7 nitrogen and oxygen atoms in total. The van der Waals surface area contributed by atoms with E-state index in [2.05, 4.69) is 21.2 Å². The summed E-state index contributed by atoms with van der Waals surface area (Å²) < 4.78 is 70.7. The third-order valence-corrected chi connectivity index (χ3v) is 10.2. The highest BCUT2D eigenvalue weighted by molar-refractivity contribution is 9.10. The number of rotatable bonds is 10. The number of sulfonamides is 1. The molecule has 1 aliphatic rings. The Morgan fingerprint density at radius 3 is 2.32 bits per heavy atom. The fraction of sp³-hybridized carbons (Fsp3) is 0.355. The topological polar surface area (TPSA) is 86.8 Å². The van der Waals surface area contributed by atoms with Crippen LogP contribution in [-0.2, 0) is 32.3 Å². The second kappa shape index (κ2) is 13.9. The van der Waals surface area contributed by atoms with Crippen LogP contribution in [0.15, 0.2) is 76.1 Å². The molecule has 0 bridgehead atoms. The predicted octanol–water partition coefficient (Wildman–Crippen LogP) is 7.10. The van der Waals surface area contributed by atoms with Crippen molar-refractivity contribution in [1.82, 2.24) is 10.2 Å². The summed E-state index contributed by atoms with van der Waals surface area (Å²) >= 11 is 9.23. The van der Waals surface area contributed by atoms with Gasteiger partial charge in [-0.2, -0.15) is 13.2 Å². The van der Waals surface area contributed by atoms with E-state index >= 15 is 0 Å². The van der Waals surface area contributed by atoms with Gasteiger partial charge in [-0.3, -0.25) is 13.9 Å². The lowest BCUT2D eigenvalue weighted by Gasteiger charge is -2.32. The number of nitrogens with zero attached hydrogens (tertiary/aromatic N) is 2. The van der Waals surface area contributed by atoms with E-state index in [1.54, 1.807) is 50.2 Å². The number of anilines is 1. The Labute approximate surface area is 268 Å². The molecule has 236 valence electrons. The summed E-state index contributed by atoms with van der Waals surface area (Å²) in [5.41, 5.74) is -0.226. The van der Waals surface area contributed by atoms with E-state index < -0.39 is 56.9 Å². The Morgan fingerprint density at radius 2 is 1.70 bits per heavy atom. The van der Waals surface area contributed by atoms with Crippen LogP contribution in [0, 0.1) is 6.92 Å². The maximum atomic E-state index is 14.1. The summed E-state index contributed by atoms with van der Waals surface area (Å²) in [5, 5.41) is 2.36. The minimum absolute atomic E-state index is 0.0268. The maximum Gasteiger partial charge on any atom is 0.417 e. The van der Waals surface area contributed by atoms with Gasteiger partial charge in [0, 0.05) is 17.1 Å². The van der Waals surface area contributed by atoms with Crippen LogP contribution in [0.3, 0.4) is 0 Å². The highest BCUT2D eigenvalue weighted by Crippen LogP contribution is 2.38. The number of carbonyl (C=O) groups is 2. The van der Waals surface area contributed by atoms with Gasteiger partial charge in [0.25, 0.3) is 10.0 Å². The van der Waals surface area contributed by atoms with Gasteiger partial charge < -0.3 is 10.2 Å². The van der Waals surface area contributed by atoms with Crippen LogP contribution in [0.2, 0.25) is 5.02 Å². The third-order valence-electron chi connectivity index (χ3n) is 7.54. The SMILES string of the molecule is Cc1ccc(S(=O)(=O)N(CC(=O)N(Cc2cccc(Br)c2)[C@H](C)C(=O)NC2CCCC2)c2ccc(Cl)c(C(F)(F)F)c2)cc1. The molecule has 0 spiro atoms. The molecule has 0 aliphatic heterocycles. The fourth-order valence-corrected chi connectivity index (χ4v) is 7.14. The quantitative estimate of drug-likeness (QED) is 0.243. The molecule has 2 amide bonds. The smallest absolute Gasteiger partial charge is 0.352 e. The average molecular weight is 715 g/mol. The van der Waals surface area contributed by atoms with E-state index in [0.717, 1.165) is 47.9 Å². The molecular formula is C31H32BrClF3N3O4S. The molecule has 0 aromatic heterocycles. The van der Waals surface area contributed by atoms with Gasteiger partial charge in [0.15, 0.2) is 0 Å². The molecule has 3 aromatic carbocycles. The van der Waals surface area contributed by atoms with Crippen LogP contribution < -0.4 is 9.62 Å². The second-order valence-electron chi connectivity index (χ2n) is 10.8. The molecule has 3 aromatic rings. The largest absolute Gasteiger partial charge is 0.417 e. The molecule has 44 heavy (non-hydrogen) atoms. The maximum absolute atomic E-state index is 14.1. The number of hydrogen-bond acceptors (Lipinski definition) is 4. The summed E-state index contributed by atoms with van der Waals surface area (Å²) in [4.78, 5) is 28.4. The summed E-state index contributed by atoms with van der Waals surface area (Å²) in [6, 6.07) is 14.4. The number of nitrogens with one attached hydrogen (secondary N) is 1. The van der Waals surface area contributed by atoms with E-state index in [4.69, 9.17) is 11.6 Å². The van der Waals surface area contributed by atoms with E-state index in [-0.39, 0.29) is 17.5 Å². The van der Waals surface area contributed by atoms with Gasteiger partial charge in [0.2, 0.25) is 11.8 Å². The second-order valence-corrected chi connectivity index (χ2v) is 14.0. The summed E-state index contributed by atoms with van der Waals surface area (Å²) in [6.07, 6.45) is -1.28. The predicted molar refractivity (Wildman–Crippen MR) is 167 cm³/mol. The monoisotopic (exact) mass is 713 g/mol. The van der Waals surface area contributed by atoms with Gasteiger partial charge in [-0.1, -0.05) is 70.2 Å². The van der Waals surface area contributed by atoms with E-state index in [9.17, 15) is 31.2 Å². The molecule has 0 unspecified atom stereocenters. The lowest BCUT2D eigenvalue weighted by molar-refractivity contribution is -0.139. The zero-order valence-corrected chi connectivity index (χ0v) is 27.2. The fourth-order valence-electron chi connectivity index (χ4n) is 5.06. The Balaban J connectivity index is 1.76. The molecular weight excluding hydrogens is 683 g/mol. The zero-order valence-electron chi connectivity index (χ0n) is 24.1. The Bertz CT molecular complexity index is 1610. The minimum Gasteiger partial charge on any atom is -0.352 e. The lowest BCUT2D eigenvalue weighted by atomic mass is 10.1. The van der Waals surface area contributed by atoms with Crippen LogP contribution in [0.25, 0.3) is 0 Å². The number of hydrogen-bond donors (Lipinski definition) is 1. The third kappa shape index (κ3) is 8.13. The standard InChI is InChI=1S/C31H32BrClF3N3O4S/c1-20-10-13-26(14-11-20)44(42,43)39(25-12-15-28(33)27(17-25)31(34,35)36)19-29(40)38(18-22-6-5-7-23(32)16-22)21(2)30(41)37-24-8-3-4-9-24/h5-7,10-17,21,24H,3-4,8-9,18-19H2,1-2H3,(H,37,41)/t21-/m1/s1. The summed E-state index contributed by atoms with van der Waals surface area (Å²) in [5.74, 6) is -1.18. The van der Waals surface area contributed by atoms with Crippen LogP contribution in [0.5, 0.6) is 0 Å². The molecule has 0 heterocycles. The van der Waals surface area contributed by atoms with Crippen molar-refractivity contribution in [3.8, 4) is 0 Å². The number of amides is 2. The van der Waals surface area contributed by atoms with Crippen molar-refractivity contribution in [3.05, 3.63) is 92.9 Å². The summed E-state index contributed by atoms with van der Waals surface area (Å²) in [7, 11) is -4.55. The van der Waals surface area contributed by atoms with Gasteiger partial charge in [-0.25, -0.2) is 8.42 Å². The average Bonchev–Trinajstić information content (AvgIpc) is 3.47. The first-order valence-electron chi connectivity index (χ1n) is 14.0. The Kier molecular flexibility index (Phi) is 10.7. The summed E-state index contributed by atoms with van der Waals surface area (Å²) in [6.45, 7) is 2.38. The van der Waals surface area contributed by atoms with Crippen LogP contribution in [0.1, 0.15) is 49.3 Å². The van der Waals surface area contributed by atoms with E-state index in [1.165, 1.54) is 17.0 Å². The van der Waals surface area contributed by atoms with Crippen molar-refractivity contribution in [2.24, 2.45) is 0 Å². The van der Waals surface area contributed by atoms with Crippen molar-refractivity contribution in [3.63, 3.8) is 0 Å². The zero-order chi connectivity index (χ0) is 32.2. The Morgan fingerprint density at radius 1 is 1.05 bits per heavy atom.